The fourth-order valence-corrected chi connectivity index (χ4v) is 1.78. The van der Waals surface area contributed by atoms with Crippen molar-refractivity contribution in [1.82, 2.24) is 20.0 Å². The van der Waals surface area contributed by atoms with Crippen LogP contribution in [0.3, 0.4) is 0 Å². The molecular weight excluding hydrogens is 260 g/mol. The van der Waals surface area contributed by atoms with Crippen LogP contribution in [0.15, 0.2) is 12.4 Å². The third kappa shape index (κ3) is 4.25. The summed E-state index contributed by atoms with van der Waals surface area (Å²) in [6.45, 7) is 5.68. The summed E-state index contributed by atoms with van der Waals surface area (Å²) in [6, 6.07) is -1.36. The van der Waals surface area contributed by atoms with Gasteiger partial charge in [0.15, 0.2) is 0 Å². The molecule has 2 N–H and O–H groups in total. The number of aryl methyl sites for hydroxylation is 1. The van der Waals surface area contributed by atoms with E-state index in [9.17, 15) is 14.7 Å². The van der Waals surface area contributed by atoms with Crippen LogP contribution in [-0.2, 0) is 18.4 Å². The molecule has 112 valence electrons. The zero-order valence-corrected chi connectivity index (χ0v) is 12.5. The lowest BCUT2D eigenvalue weighted by Crippen LogP contribution is -2.52. The van der Waals surface area contributed by atoms with Crippen molar-refractivity contribution in [3.05, 3.63) is 18.0 Å². The van der Waals surface area contributed by atoms with E-state index in [-0.39, 0.29) is 0 Å². The number of urea groups is 1. The molecule has 0 fully saturated rings. The van der Waals surface area contributed by atoms with Crippen molar-refractivity contribution in [1.29, 1.82) is 0 Å². The first-order valence-corrected chi connectivity index (χ1v) is 6.33. The number of amides is 2. The van der Waals surface area contributed by atoms with Crippen molar-refractivity contribution in [3.8, 4) is 0 Å². The Kier molecular flexibility index (Phi) is 4.75. The van der Waals surface area contributed by atoms with Crippen LogP contribution in [0.2, 0.25) is 0 Å². The van der Waals surface area contributed by atoms with Crippen molar-refractivity contribution in [2.75, 3.05) is 7.05 Å². The van der Waals surface area contributed by atoms with Crippen molar-refractivity contribution < 1.29 is 14.7 Å². The van der Waals surface area contributed by atoms with Gasteiger partial charge in [-0.3, -0.25) is 4.68 Å². The number of nitrogens with zero attached hydrogens (tertiary/aromatic N) is 3. The predicted molar refractivity (Wildman–Crippen MR) is 74.1 cm³/mol. The molecule has 2 amide bonds. The van der Waals surface area contributed by atoms with Gasteiger partial charge in [-0.15, -0.1) is 0 Å². The molecular formula is C13H22N4O3. The van der Waals surface area contributed by atoms with Gasteiger partial charge in [0.1, 0.15) is 6.04 Å². The van der Waals surface area contributed by atoms with Crippen LogP contribution in [0.4, 0.5) is 4.79 Å². The quantitative estimate of drug-likeness (QED) is 0.864. The fourth-order valence-electron chi connectivity index (χ4n) is 1.78. The summed E-state index contributed by atoms with van der Waals surface area (Å²) in [5.41, 5.74) is 0.323. The van der Waals surface area contributed by atoms with Gasteiger partial charge >= 0.3 is 12.0 Å². The van der Waals surface area contributed by atoms with Gasteiger partial charge in [-0.05, 0) is 5.41 Å². The number of carboxylic acids is 1. The van der Waals surface area contributed by atoms with Crippen molar-refractivity contribution in [3.63, 3.8) is 0 Å². The molecule has 0 aromatic carbocycles. The summed E-state index contributed by atoms with van der Waals surface area (Å²) in [5.74, 6) is -1.04. The molecule has 0 aliphatic carbocycles. The maximum Gasteiger partial charge on any atom is 0.326 e. The Balaban J connectivity index is 2.67. The van der Waals surface area contributed by atoms with E-state index >= 15 is 0 Å². The Hall–Kier alpha value is -2.05. The maximum atomic E-state index is 12.0. The predicted octanol–water partition coefficient (Wildman–Crippen LogP) is 1.06. The smallest absolute Gasteiger partial charge is 0.326 e. The average Bonchev–Trinajstić information content (AvgIpc) is 2.69. The largest absolute Gasteiger partial charge is 0.480 e. The molecule has 7 heteroatoms. The Bertz CT molecular complexity index is 490. The number of carbonyl (C=O) groups excluding carboxylic acids is 1. The molecule has 1 heterocycles. The van der Waals surface area contributed by atoms with E-state index in [0.29, 0.717) is 6.54 Å². The van der Waals surface area contributed by atoms with E-state index in [2.05, 4.69) is 10.4 Å². The molecule has 1 aromatic heterocycles. The van der Waals surface area contributed by atoms with Crippen LogP contribution >= 0.6 is 0 Å². The highest BCUT2D eigenvalue weighted by Gasteiger charge is 2.33. The minimum atomic E-state index is -1.04. The van der Waals surface area contributed by atoms with Gasteiger partial charge in [-0.1, -0.05) is 20.8 Å². The van der Waals surface area contributed by atoms with Crippen LogP contribution in [0.1, 0.15) is 26.3 Å². The topological polar surface area (TPSA) is 87.5 Å². The van der Waals surface area contributed by atoms with E-state index in [4.69, 9.17) is 0 Å². The Morgan fingerprint density at radius 3 is 2.50 bits per heavy atom. The minimum Gasteiger partial charge on any atom is -0.480 e. The number of carboxylic acid groups (broad SMARTS) is 1. The van der Waals surface area contributed by atoms with E-state index in [1.54, 1.807) is 45.7 Å². The number of hydrogen-bond donors (Lipinski definition) is 2. The monoisotopic (exact) mass is 282 g/mol. The standard InChI is InChI=1S/C13H22N4O3/c1-13(2,3)10(11(18)19)15-12(20)16(4)7-9-6-14-17(5)8-9/h6,8,10H,7H2,1-5H3,(H,15,20)(H,18,19)/t10-/m0/s1. The Morgan fingerprint density at radius 2 is 2.10 bits per heavy atom. The first kappa shape index (κ1) is 16.0. The molecule has 7 nitrogen and oxygen atoms in total. The summed E-state index contributed by atoms with van der Waals surface area (Å²) >= 11 is 0. The second-order valence-corrected chi connectivity index (χ2v) is 5.97. The summed E-state index contributed by atoms with van der Waals surface area (Å²) in [4.78, 5) is 24.7. The fraction of sp³-hybridized carbons (Fsp3) is 0.615. The molecule has 1 aromatic rings. The van der Waals surface area contributed by atoms with Gasteiger partial charge in [0.25, 0.3) is 0 Å². The minimum absolute atomic E-state index is 0.371. The summed E-state index contributed by atoms with van der Waals surface area (Å²) < 4.78 is 1.65. The van der Waals surface area contributed by atoms with Crippen LogP contribution in [0, 0.1) is 5.41 Å². The van der Waals surface area contributed by atoms with Crippen LogP contribution in [-0.4, -0.2) is 44.9 Å². The molecule has 0 saturated heterocycles. The molecule has 0 spiro atoms. The first-order valence-electron chi connectivity index (χ1n) is 6.33. The molecule has 0 radical (unpaired) electrons. The lowest BCUT2D eigenvalue weighted by Gasteiger charge is -2.29. The van der Waals surface area contributed by atoms with Gasteiger partial charge in [-0.2, -0.15) is 5.10 Å². The molecule has 0 saturated carbocycles. The van der Waals surface area contributed by atoms with E-state index in [1.807, 2.05) is 6.20 Å². The number of nitrogens with one attached hydrogen (secondary N) is 1. The summed E-state index contributed by atoms with van der Waals surface area (Å²) in [5, 5.41) is 15.8. The van der Waals surface area contributed by atoms with Gasteiger partial charge in [0.2, 0.25) is 0 Å². The van der Waals surface area contributed by atoms with Crippen molar-refractivity contribution in [2.45, 2.75) is 33.4 Å². The zero-order valence-electron chi connectivity index (χ0n) is 12.5. The lowest BCUT2D eigenvalue weighted by molar-refractivity contribution is -0.142. The normalized spacial score (nSPS) is 12.8. The number of aromatic nitrogens is 2. The second kappa shape index (κ2) is 5.94. The van der Waals surface area contributed by atoms with Crippen molar-refractivity contribution >= 4 is 12.0 Å². The van der Waals surface area contributed by atoms with Gasteiger partial charge in [-0.25, -0.2) is 9.59 Å². The van der Waals surface area contributed by atoms with E-state index in [0.717, 1.165) is 5.56 Å². The van der Waals surface area contributed by atoms with Crippen LogP contribution in [0.25, 0.3) is 0 Å². The maximum absolute atomic E-state index is 12.0. The summed E-state index contributed by atoms with van der Waals surface area (Å²) in [6.07, 6.45) is 3.48. The number of carbonyl (C=O) groups is 2. The zero-order chi connectivity index (χ0) is 15.5. The number of hydrogen-bond acceptors (Lipinski definition) is 3. The molecule has 0 bridgehead atoms. The summed E-state index contributed by atoms with van der Waals surface area (Å²) in [7, 11) is 3.41. The van der Waals surface area contributed by atoms with Crippen LogP contribution in [0.5, 0.6) is 0 Å². The lowest BCUT2D eigenvalue weighted by atomic mass is 9.87. The molecule has 20 heavy (non-hydrogen) atoms. The van der Waals surface area contributed by atoms with Crippen LogP contribution < -0.4 is 5.32 Å². The van der Waals surface area contributed by atoms with E-state index in [1.165, 1.54) is 4.90 Å². The Morgan fingerprint density at radius 1 is 1.50 bits per heavy atom. The number of aliphatic carboxylic acids is 1. The third-order valence-corrected chi connectivity index (χ3v) is 2.91. The highest BCUT2D eigenvalue weighted by molar-refractivity contribution is 5.83. The third-order valence-electron chi connectivity index (χ3n) is 2.91. The molecule has 0 unspecified atom stereocenters. The second-order valence-electron chi connectivity index (χ2n) is 5.97. The first-order chi connectivity index (χ1) is 9.11. The average molecular weight is 282 g/mol. The van der Waals surface area contributed by atoms with Gasteiger partial charge in [0, 0.05) is 25.9 Å². The molecule has 0 aliphatic rings. The SMILES string of the molecule is CN(Cc1cnn(C)c1)C(=O)N[C@@H](C(=O)O)C(C)(C)C. The van der Waals surface area contributed by atoms with Crippen molar-refractivity contribution in [2.24, 2.45) is 12.5 Å². The van der Waals surface area contributed by atoms with E-state index < -0.39 is 23.5 Å². The highest BCUT2D eigenvalue weighted by atomic mass is 16.4. The number of rotatable bonds is 4. The molecule has 0 aliphatic heterocycles. The molecule has 1 atom stereocenters. The molecule has 1 rings (SSSR count). The van der Waals surface area contributed by atoms with Gasteiger partial charge < -0.3 is 15.3 Å². The Labute approximate surface area is 118 Å². The van der Waals surface area contributed by atoms with Gasteiger partial charge in [0.05, 0.1) is 12.7 Å². The highest BCUT2D eigenvalue weighted by Crippen LogP contribution is 2.19.